The van der Waals surface area contributed by atoms with Gasteiger partial charge in [0, 0.05) is 11.5 Å². The number of aliphatic hydroxyl groups is 2. The van der Waals surface area contributed by atoms with E-state index in [1.165, 1.54) is 6.08 Å². The summed E-state index contributed by atoms with van der Waals surface area (Å²) < 4.78 is 5.54. The fourth-order valence-electron chi connectivity index (χ4n) is 4.31. The first-order valence-corrected chi connectivity index (χ1v) is 7.27. The lowest BCUT2D eigenvalue weighted by molar-refractivity contribution is -0.146. The van der Waals surface area contributed by atoms with Gasteiger partial charge in [-0.3, -0.25) is 9.59 Å². The predicted molar refractivity (Wildman–Crippen MR) is 74.1 cm³/mol. The molecule has 5 nitrogen and oxygen atoms in total. The molecule has 1 fully saturated rings. The van der Waals surface area contributed by atoms with Crippen LogP contribution in [0.3, 0.4) is 0 Å². The highest BCUT2D eigenvalue weighted by molar-refractivity contribution is 6.10. The minimum absolute atomic E-state index is 0.150. The van der Waals surface area contributed by atoms with Crippen molar-refractivity contribution >= 4 is 11.8 Å². The quantitative estimate of drug-likeness (QED) is 0.697. The van der Waals surface area contributed by atoms with Crippen molar-refractivity contribution in [3.63, 3.8) is 0 Å². The summed E-state index contributed by atoms with van der Waals surface area (Å²) in [4.78, 5) is 24.3. The number of carbonyl (C=O) groups is 2. The van der Waals surface area contributed by atoms with Crippen LogP contribution in [-0.2, 0) is 14.3 Å². The minimum atomic E-state index is -0.835. The van der Waals surface area contributed by atoms with E-state index in [4.69, 9.17) is 4.74 Å². The molecule has 0 aromatic carbocycles. The second-order valence-electron chi connectivity index (χ2n) is 6.54. The van der Waals surface area contributed by atoms with Crippen LogP contribution in [0.1, 0.15) is 27.2 Å². The Morgan fingerprint density at radius 2 is 2.10 bits per heavy atom. The zero-order valence-corrected chi connectivity index (χ0v) is 12.4. The van der Waals surface area contributed by atoms with E-state index >= 15 is 0 Å². The van der Waals surface area contributed by atoms with Crippen molar-refractivity contribution in [1.29, 1.82) is 0 Å². The Morgan fingerprint density at radius 3 is 2.71 bits per heavy atom. The van der Waals surface area contributed by atoms with Crippen LogP contribution in [0.2, 0.25) is 0 Å². The van der Waals surface area contributed by atoms with Crippen molar-refractivity contribution in [3.8, 4) is 0 Å². The zero-order chi connectivity index (χ0) is 15.5. The predicted octanol–water partition coefficient (Wildman–Crippen LogP) is 0.753. The molecule has 5 atom stereocenters. The van der Waals surface area contributed by atoms with E-state index in [2.05, 4.69) is 0 Å². The van der Waals surface area contributed by atoms with E-state index in [0.29, 0.717) is 17.6 Å². The molecular formula is C16H20O5. The standard InChI is InChI=1S/C16H20O5/c1-7-4-10(18)12-8(2)15(20)21-14(12)16(3)9(6-17)5-11(19)13(7)16/h5,8,10,12,14,17-18H,4,6H2,1-3H3. The van der Waals surface area contributed by atoms with Gasteiger partial charge in [-0.15, -0.1) is 0 Å². The van der Waals surface area contributed by atoms with Gasteiger partial charge in [-0.1, -0.05) is 12.5 Å². The molecule has 0 aromatic rings. The normalized spacial score (nSPS) is 42.4. The topological polar surface area (TPSA) is 83.8 Å². The van der Waals surface area contributed by atoms with Gasteiger partial charge in [-0.2, -0.15) is 0 Å². The number of aliphatic hydroxyl groups excluding tert-OH is 2. The van der Waals surface area contributed by atoms with E-state index in [1.54, 1.807) is 6.92 Å². The van der Waals surface area contributed by atoms with Gasteiger partial charge in [-0.25, -0.2) is 0 Å². The van der Waals surface area contributed by atoms with Gasteiger partial charge < -0.3 is 14.9 Å². The Balaban J connectivity index is 2.21. The molecule has 3 aliphatic rings. The third-order valence-corrected chi connectivity index (χ3v) is 5.41. The molecule has 0 spiro atoms. The van der Waals surface area contributed by atoms with Crippen LogP contribution in [0.15, 0.2) is 22.8 Å². The largest absolute Gasteiger partial charge is 0.460 e. The number of hydrogen-bond donors (Lipinski definition) is 2. The number of ketones is 1. The molecular weight excluding hydrogens is 272 g/mol. The lowest BCUT2D eigenvalue weighted by Crippen LogP contribution is -2.42. The summed E-state index contributed by atoms with van der Waals surface area (Å²) >= 11 is 0. The van der Waals surface area contributed by atoms with E-state index < -0.39 is 23.5 Å². The SMILES string of the molecule is CC1=C2C(=O)C=C(CO)C2(C)C2OC(=O)C(C)C2C(O)C1. The minimum Gasteiger partial charge on any atom is -0.460 e. The highest BCUT2D eigenvalue weighted by Crippen LogP contribution is 2.55. The second-order valence-corrected chi connectivity index (χ2v) is 6.54. The molecule has 3 rings (SSSR count). The van der Waals surface area contributed by atoms with Gasteiger partial charge in [0.1, 0.15) is 6.10 Å². The monoisotopic (exact) mass is 292 g/mol. The first-order valence-electron chi connectivity index (χ1n) is 7.27. The third-order valence-electron chi connectivity index (χ3n) is 5.41. The first-order chi connectivity index (χ1) is 9.82. The van der Waals surface area contributed by atoms with E-state index in [9.17, 15) is 19.8 Å². The molecule has 1 saturated heterocycles. The second kappa shape index (κ2) is 4.52. The fraction of sp³-hybridized carbons (Fsp3) is 0.625. The number of carbonyl (C=O) groups excluding carboxylic acids is 2. The third kappa shape index (κ3) is 1.71. The highest BCUT2D eigenvalue weighted by Gasteiger charge is 2.60. The molecule has 0 aromatic heterocycles. The summed E-state index contributed by atoms with van der Waals surface area (Å²) in [7, 11) is 0. The van der Waals surface area contributed by atoms with Crippen LogP contribution >= 0.6 is 0 Å². The maximum Gasteiger partial charge on any atom is 0.309 e. The van der Waals surface area contributed by atoms with Crippen LogP contribution in [0.25, 0.3) is 0 Å². The van der Waals surface area contributed by atoms with Crippen LogP contribution in [0, 0.1) is 17.3 Å². The summed E-state index contributed by atoms with van der Waals surface area (Å²) in [5.74, 6) is -1.27. The molecule has 2 N–H and O–H groups in total. The van der Waals surface area contributed by atoms with Gasteiger partial charge in [0.25, 0.3) is 0 Å². The molecule has 1 aliphatic heterocycles. The Labute approximate surface area is 123 Å². The van der Waals surface area contributed by atoms with Crippen molar-refractivity contribution in [2.75, 3.05) is 6.61 Å². The van der Waals surface area contributed by atoms with Crippen molar-refractivity contribution in [2.45, 2.75) is 39.4 Å². The smallest absolute Gasteiger partial charge is 0.309 e. The molecule has 0 bridgehead atoms. The van der Waals surface area contributed by atoms with E-state index in [0.717, 1.165) is 5.57 Å². The van der Waals surface area contributed by atoms with Crippen LogP contribution in [0.4, 0.5) is 0 Å². The summed E-state index contributed by atoms with van der Waals surface area (Å²) in [6.07, 6.45) is 0.474. The number of hydrogen-bond acceptors (Lipinski definition) is 5. The number of allylic oxidation sites excluding steroid dienone is 1. The Morgan fingerprint density at radius 1 is 1.43 bits per heavy atom. The average Bonchev–Trinajstić information content (AvgIpc) is 2.82. The van der Waals surface area contributed by atoms with Gasteiger partial charge >= 0.3 is 5.97 Å². The lowest BCUT2D eigenvalue weighted by Gasteiger charge is -2.36. The number of rotatable bonds is 1. The van der Waals surface area contributed by atoms with Crippen molar-refractivity contribution in [3.05, 3.63) is 22.8 Å². The van der Waals surface area contributed by atoms with Gasteiger partial charge in [0.2, 0.25) is 0 Å². The van der Waals surface area contributed by atoms with Gasteiger partial charge in [0.15, 0.2) is 5.78 Å². The van der Waals surface area contributed by atoms with Crippen LogP contribution in [-0.4, -0.2) is 40.8 Å². The van der Waals surface area contributed by atoms with Gasteiger partial charge in [-0.05, 0) is 31.9 Å². The Hall–Kier alpha value is -1.46. The van der Waals surface area contributed by atoms with Crippen LogP contribution < -0.4 is 0 Å². The summed E-state index contributed by atoms with van der Waals surface area (Å²) in [5.41, 5.74) is 1.11. The fourth-order valence-corrected chi connectivity index (χ4v) is 4.31. The van der Waals surface area contributed by atoms with Crippen molar-refractivity contribution in [1.82, 2.24) is 0 Å². The van der Waals surface area contributed by atoms with Crippen molar-refractivity contribution in [2.24, 2.45) is 17.3 Å². The molecule has 0 saturated carbocycles. The molecule has 0 radical (unpaired) electrons. The number of esters is 1. The molecule has 21 heavy (non-hydrogen) atoms. The zero-order valence-electron chi connectivity index (χ0n) is 12.4. The first kappa shape index (κ1) is 14.5. The molecule has 2 aliphatic carbocycles. The van der Waals surface area contributed by atoms with Crippen LogP contribution in [0.5, 0.6) is 0 Å². The Bertz CT molecular complexity index is 587. The molecule has 1 heterocycles. The maximum atomic E-state index is 12.3. The average molecular weight is 292 g/mol. The molecule has 5 unspecified atom stereocenters. The molecule has 5 heteroatoms. The van der Waals surface area contributed by atoms with E-state index in [-0.39, 0.29) is 24.3 Å². The molecule has 114 valence electrons. The summed E-state index contributed by atoms with van der Waals surface area (Å²) in [6.45, 7) is 5.15. The lowest BCUT2D eigenvalue weighted by atomic mass is 9.69. The number of fused-ring (bicyclic) bond motifs is 3. The Kier molecular flexibility index (Phi) is 3.11. The highest BCUT2D eigenvalue weighted by atomic mass is 16.6. The van der Waals surface area contributed by atoms with Crippen molar-refractivity contribution < 1.29 is 24.5 Å². The maximum absolute atomic E-state index is 12.3. The summed E-state index contributed by atoms with van der Waals surface area (Å²) in [6, 6.07) is 0. The number of ether oxygens (including phenoxy) is 1. The summed E-state index contributed by atoms with van der Waals surface area (Å²) in [5, 5.41) is 20.1. The van der Waals surface area contributed by atoms with Gasteiger partial charge in [0.05, 0.1) is 24.0 Å². The van der Waals surface area contributed by atoms with E-state index in [1.807, 2.05) is 13.8 Å². The molecule has 0 amide bonds.